The molecule has 1 N–H and O–H groups in total. The molecule has 0 aromatic heterocycles. The lowest BCUT2D eigenvalue weighted by Gasteiger charge is -2.35. The Labute approximate surface area is 127 Å². The van der Waals surface area contributed by atoms with Gasteiger partial charge in [-0.1, -0.05) is 18.2 Å². The van der Waals surface area contributed by atoms with Crippen LogP contribution in [0.4, 0.5) is 17.6 Å². The topological polar surface area (TPSA) is 49.4 Å². The summed E-state index contributed by atoms with van der Waals surface area (Å²) < 4.78 is 50.4. The van der Waals surface area contributed by atoms with Gasteiger partial charge in [-0.15, -0.1) is 0 Å². The number of carbonyl (C=O) groups excluding carboxylic acids is 2. The molecular formula is C13H12F4N2O2S. The lowest BCUT2D eigenvalue weighted by Crippen LogP contribution is -2.53. The molecule has 1 aromatic rings. The van der Waals surface area contributed by atoms with E-state index in [1.54, 1.807) is 0 Å². The molecule has 1 heterocycles. The highest BCUT2D eigenvalue weighted by Crippen LogP contribution is 2.32. The van der Waals surface area contributed by atoms with Gasteiger partial charge in [0, 0.05) is 18.7 Å². The van der Waals surface area contributed by atoms with E-state index < -0.39 is 46.7 Å². The maximum absolute atomic E-state index is 13.9. The van der Waals surface area contributed by atoms with Crippen LogP contribution in [0.2, 0.25) is 0 Å². The molecule has 0 unspecified atom stereocenters. The summed E-state index contributed by atoms with van der Waals surface area (Å²) in [5.41, 5.74) is -4.58. The van der Waals surface area contributed by atoms with Crippen LogP contribution in [-0.4, -0.2) is 41.1 Å². The van der Waals surface area contributed by atoms with Gasteiger partial charge in [-0.05, 0) is 17.8 Å². The van der Waals surface area contributed by atoms with Crippen molar-refractivity contribution in [2.24, 2.45) is 0 Å². The van der Waals surface area contributed by atoms with E-state index in [1.807, 2.05) is 0 Å². The van der Waals surface area contributed by atoms with Gasteiger partial charge in [0.05, 0.1) is 5.75 Å². The Morgan fingerprint density at radius 1 is 1.36 bits per heavy atom. The number of amides is 2. The van der Waals surface area contributed by atoms with E-state index in [2.05, 4.69) is 5.32 Å². The van der Waals surface area contributed by atoms with Crippen LogP contribution < -0.4 is 5.32 Å². The van der Waals surface area contributed by atoms with Crippen LogP contribution >= 0.6 is 11.8 Å². The van der Waals surface area contributed by atoms with Crippen LogP contribution in [0.3, 0.4) is 0 Å². The molecule has 2 rings (SSSR count). The number of halogens is 4. The van der Waals surface area contributed by atoms with Crippen molar-refractivity contribution in [3.05, 3.63) is 35.6 Å². The number of rotatable bonds is 3. The van der Waals surface area contributed by atoms with Crippen LogP contribution in [0.15, 0.2) is 24.3 Å². The minimum atomic E-state index is -4.54. The summed E-state index contributed by atoms with van der Waals surface area (Å²) in [6, 6.07) is 4.13. The van der Waals surface area contributed by atoms with Gasteiger partial charge in [0.15, 0.2) is 0 Å². The summed E-state index contributed by atoms with van der Waals surface area (Å²) in [6.07, 6.45) is 0. The van der Waals surface area contributed by atoms with Crippen LogP contribution in [0.1, 0.15) is 11.6 Å². The number of nitrogens with one attached hydrogen (secondary N) is 1. The molecule has 22 heavy (non-hydrogen) atoms. The highest BCUT2D eigenvalue weighted by atomic mass is 32.2. The summed E-state index contributed by atoms with van der Waals surface area (Å²) >= 11 is -0.479. The largest absolute Gasteiger partial charge is 0.442 e. The maximum Gasteiger partial charge on any atom is 0.442 e. The lowest BCUT2D eigenvalue weighted by atomic mass is 10.0. The van der Waals surface area contributed by atoms with E-state index in [9.17, 15) is 27.2 Å². The third-order valence-corrected chi connectivity index (χ3v) is 3.81. The first-order chi connectivity index (χ1) is 10.3. The summed E-state index contributed by atoms with van der Waals surface area (Å²) in [7, 11) is 0. The highest BCUT2D eigenvalue weighted by molar-refractivity contribution is 8.00. The summed E-state index contributed by atoms with van der Waals surface area (Å²) in [5, 5.41) is 2.49. The number of carbonyl (C=O) groups is 2. The van der Waals surface area contributed by atoms with Crippen molar-refractivity contribution in [1.29, 1.82) is 0 Å². The Hall–Kier alpha value is -1.77. The van der Waals surface area contributed by atoms with Crippen LogP contribution in [0.5, 0.6) is 0 Å². The highest BCUT2D eigenvalue weighted by Gasteiger charge is 2.37. The standard InChI is InChI=1S/C13H12F4N2O2S/c14-9-4-2-1-3-8(9)11-12(21)18-5-6-19(11)10(20)7-22-13(15,16)17/h1-4,11H,5-7H2,(H,18,21)/t11-/m0/s1. The van der Waals surface area contributed by atoms with E-state index in [0.717, 1.165) is 11.0 Å². The molecule has 2 amide bonds. The van der Waals surface area contributed by atoms with Gasteiger partial charge < -0.3 is 10.2 Å². The van der Waals surface area contributed by atoms with E-state index >= 15 is 0 Å². The van der Waals surface area contributed by atoms with Crippen LogP contribution in [0, 0.1) is 5.82 Å². The molecule has 1 aliphatic heterocycles. The second-order valence-electron chi connectivity index (χ2n) is 4.54. The Morgan fingerprint density at radius 3 is 2.68 bits per heavy atom. The van der Waals surface area contributed by atoms with Gasteiger partial charge in [0.25, 0.3) is 0 Å². The average Bonchev–Trinajstić information content (AvgIpc) is 2.45. The Bertz CT molecular complexity index is 579. The zero-order valence-electron chi connectivity index (χ0n) is 11.2. The Kier molecular flexibility index (Phi) is 4.94. The lowest BCUT2D eigenvalue weighted by molar-refractivity contribution is -0.141. The molecule has 0 saturated carbocycles. The van der Waals surface area contributed by atoms with Crippen LogP contribution in [-0.2, 0) is 9.59 Å². The quantitative estimate of drug-likeness (QED) is 0.860. The fourth-order valence-electron chi connectivity index (χ4n) is 2.17. The first kappa shape index (κ1) is 16.6. The van der Waals surface area contributed by atoms with Gasteiger partial charge in [0.2, 0.25) is 11.8 Å². The SMILES string of the molecule is O=C1NCCN(C(=O)CSC(F)(F)F)[C@H]1c1ccccc1F. The average molecular weight is 336 g/mol. The Morgan fingerprint density at radius 2 is 2.05 bits per heavy atom. The second-order valence-corrected chi connectivity index (χ2v) is 5.58. The van der Waals surface area contributed by atoms with Crippen molar-refractivity contribution in [1.82, 2.24) is 10.2 Å². The second kappa shape index (κ2) is 6.55. The summed E-state index contributed by atoms with van der Waals surface area (Å²) in [4.78, 5) is 24.9. The molecule has 0 radical (unpaired) electrons. The number of hydrogen-bond donors (Lipinski definition) is 1. The molecule has 0 spiro atoms. The van der Waals surface area contributed by atoms with Crippen molar-refractivity contribution in [3.63, 3.8) is 0 Å². The number of hydrogen-bond acceptors (Lipinski definition) is 3. The van der Waals surface area contributed by atoms with Gasteiger partial charge in [-0.3, -0.25) is 9.59 Å². The van der Waals surface area contributed by atoms with Crippen molar-refractivity contribution in [2.75, 3.05) is 18.8 Å². The summed E-state index contributed by atoms with van der Waals surface area (Å²) in [5.74, 6) is -3.00. The van der Waals surface area contributed by atoms with Gasteiger partial charge in [0.1, 0.15) is 11.9 Å². The van der Waals surface area contributed by atoms with Crippen LogP contribution in [0.25, 0.3) is 0 Å². The monoisotopic (exact) mass is 336 g/mol. The predicted octanol–water partition coefficient (Wildman–Crippen LogP) is 2.08. The Balaban J connectivity index is 2.22. The fraction of sp³-hybridized carbons (Fsp3) is 0.385. The molecule has 1 aromatic carbocycles. The molecule has 0 bridgehead atoms. The van der Waals surface area contributed by atoms with Crippen molar-refractivity contribution >= 4 is 23.6 Å². The van der Waals surface area contributed by atoms with Gasteiger partial charge in [-0.2, -0.15) is 13.2 Å². The number of thioether (sulfide) groups is 1. The third kappa shape index (κ3) is 3.90. The number of nitrogens with zero attached hydrogens (tertiary/aromatic N) is 1. The third-order valence-electron chi connectivity index (χ3n) is 3.09. The van der Waals surface area contributed by atoms with E-state index in [1.165, 1.54) is 18.2 Å². The minimum absolute atomic E-state index is 0.0298. The number of benzene rings is 1. The molecule has 1 fully saturated rings. The summed E-state index contributed by atoms with van der Waals surface area (Å²) in [6.45, 7) is 0.147. The van der Waals surface area contributed by atoms with E-state index in [4.69, 9.17) is 0 Å². The molecule has 120 valence electrons. The van der Waals surface area contributed by atoms with Crippen molar-refractivity contribution in [2.45, 2.75) is 11.6 Å². The van der Waals surface area contributed by atoms with Crippen molar-refractivity contribution in [3.8, 4) is 0 Å². The molecule has 1 aliphatic rings. The molecular weight excluding hydrogens is 324 g/mol. The first-order valence-corrected chi connectivity index (χ1v) is 7.30. The van der Waals surface area contributed by atoms with E-state index in [0.29, 0.717) is 0 Å². The molecule has 0 aliphatic carbocycles. The predicted molar refractivity (Wildman–Crippen MR) is 72.4 cm³/mol. The van der Waals surface area contributed by atoms with Gasteiger partial charge in [-0.25, -0.2) is 4.39 Å². The maximum atomic E-state index is 13.9. The number of piperazine rings is 1. The normalized spacial score (nSPS) is 19.0. The number of alkyl halides is 3. The smallest absolute Gasteiger partial charge is 0.352 e. The molecule has 1 atom stereocenters. The minimum Gasteiger partial charge on any atom is -0.352 e. The van der Waals surface area contributed by atoms with Gasteiger partial charge >= 0.3 is 5.51 Å². The van der Waals surface area contributed by atoms with E-state index in [-0.39, 0.29) is 18.7 Å². The fourth-order valence-corrected chi connectivity index (χ4v) is 2.62. The first-order valence-electron chi connectivity index (χ1n) is 6.32. The molecule has 9 heteroatoms. The molecule has 1 saturated heterocycles. The zero-order chi connectivity index (χ0) is 16.3. The molecule has 4 nitrogen and oxygen atoms in total. The zero-order valence-corrected chi connectivity index (χ0v) is 12.0. The van der Waals surface area contributed by atoms with Crippen molar-refractivity contribution < 1.29 is 27.2 Å².